The summed E-state index contributed by atoms with van der Waals surface area (Å²) in [5.74, 6) is 1.000. The van der Waals surface area contributed by atoms with Crippen molar-refractivity contribution in [1.29, 1.82) is 0 Å². The van der Waals surface area contributed by atoms with Gasteiger partial charge in [-0.25, -0.2) is 4.98 Å². The predicted octanol–water partition coefficient (Wildman–Crippen LogP) is 3.23. The molecule has 0 amide bonds. The van der Waals surface area contributed by atoms with Crippen molar-refractivity contribution < 1.29 is 0 Å². The molecule has 1 fully saturated rings. The maximum atomic E-state index is 4.51. The lowest BCUT2D eigenvalue weighted by molar-refractivity contribution is 0.188. The number of imidazole rings is 1. The predicted molar refractivity (Wildman–Crippen MR) is 103 cm³/mol. The molecule has 0 atom stereocenters. The van der Waals surface area contributed by atoms with Crippen LogP contribution in [0.5, 0.6) is 0 Å². The quantitative estimate of drug-likeness (QED) is 0.719. The average Bonchev–Trinajstić information content (AvgIpc) is 3.18. The number of rotatable bonds is 6. The van der Waals surface area contributed by atoms with Crippen LogP contribution < -0.4 is 5.32 Å². The molecule has 1 saturated heterocycles. The SMILES string of the molecule is c1ccc(-c2cnc(CNC3CCN(Cc4ccccn4)CC3)[nH]2)cc1. The van der Waals surface area contributed by atoms with Crippen LogP contribution in [-0.2, 0) is 13.1 Å². The van der Waals surface area contributed by atoms with E-state index >= 15 is 0 Å². The summed E-state index contributed by atoms with van der Waals surface area (Å²) < 4.78 is 0. The molecular weight excluding hydrogens is 322 g/mol. The van der Waals surface area contributed by atoms with Crippen molar-refractivity contribution in [3.63, 3.8) is 0 Å². The minimum absolute atomic E-state index is 0.556. The molecule has 0 spiro atoms. The first kappa shape index (κ1) is 16.9. The number of pyridine rings is 1. The van der Waals surface area contributed by atoms with Crippen molar-refractivity contribution >= 4 is 0 Å². The molecule has 5 heteroatoms. The van der Waals surface area contributed by atoms with Gasteiger partial charge in [0.2, 0.25) is 0 Å². The number of hydrogen-bond acceptors (Lipinski definition) is 4. The van der Waals surface area contributed by atoms with Crippen LogP contribution in [0.1, 0.15) is 24.4 Å². The van der Waals surface area contributed by atoms with E-state index in [4.69, 9.17) is 0 Å². The van der Waals surface area contributed by atoms with Crippen LogP contribution in [0.15, 0.2) is 60.9 Å². The summed E-state index contributed by atoms with van der Waals surface area (Å²) in [4.78, 5) is 14.8. The molecule has 0 bridgehead atoms. The van der Waals surface area contributed by atoms with Gasteiger partial charge in [0.25, 0.3) is 0 Å². The minimum Gasteiger partial charge on any atom is -0.341 e. The van der Waals surface area contributed by atoms with Crippen LogP contribution in [0.4, 0.5) is 0 Å². The van der Waals surface area contributed by atoms with Crippen molar-refractivity contribution in [3.8, 4) is 11.3 Å². The van der Waals surface area contributed by atoms with Crippen LogP contribution in [0.2, 0.25) is 0 Å². The summed E-state index contributed by atoms with van der Waals surface area (Å²) in [6, 6.07) is 17.0. The zero-order chi connectivity index (χ0) is 17.6. The maximum Gasteiger partial charge on any atom is 0.120 e. The number of piperidine rings is 1. The van der Waals surface area contributed by atoms with Gasteiger partial charge in [-0.05, 0) is 30.5 Å². The van der Waals surface area contributed by atoms with E-state index in [0.717, 1.165) is 43.4 Å². The van der Waals surface area contributed by atoms with Crippen molar-refractivity contribution in [2.45, 2.75) is 32.0 Å². The Morgan fingerprint density at radius 3 is 2.58 bits per heavy atom. The van der Waals surface area contributed by atoms with E-state index in [-0.39, 0.29) is 0 Å². The van der Waals surface area contributed by atoms with Gasteiger partial charge >= 0.3 is 0 Å². The van der Waals surface area contributed by atoms with E-state index in [1.807, 2.05) is 36.7 Å². The largest absolute Gasteiger partial charge is 0.341 e. The number of likely N-dealkylation sites (tertiary alicyclic amines) is 1. The van der Waals surface area contributed by atoms with Gasteiger partial charge in [0.1, 0.15) is 5.82 Å². The van der Waals surface area contributed by atoms with E-state index in [0.29, 0.717) is 6.04 Å². The second-order valence-corrected chi connectivity index (χ2v) is 6.86. The molecule has 134 valence electrons. The number of H-pyrrole nitrogens is 1. The third-order valence-corrected chi connectivity index (χ3v) is 4.97. The van der Waals surface area contributed by atoms with Crippen LogP contribution in [0, 0.1) is 0 Å². The third-order valence-electron chi connectivity index (χ3n) is 4.97. The maximum absolute atomic E-state index is 4.51. The molecule has 3 heterocycles. The van der Waals surface area contributed by atoms with Crippen LogP contribution in [0.25, 0.3) is 11.3 Å². The fraction of sp³-hybridized carbons (Fsp3) is 0.333. The Morgan fingerprint density at radius 1 is 1.00 bits per heavy atom. The van der Waals surface area contributed by atoms with Gasteiger partial charge in [0.15, 0.2) is 0 Å². The molecular formula is C21H25N5. The highest BCUT2D eigenvalue weighted by molar-refractivity contribution is 5.57. The summed E-state index contributed by atoms with van der Waals surface area (Å²) in [5.41, 5.74) is 3.41. The number of nitrogens with zero attached hydrogens (tertiary/aromatic N) is 3. The van der Waals surface area contributed by atoms with Gasteiger partial charge in [0, 0.05) is 31.9 Å². The Hall–Kier alpha value is -2.50. The third kappa shape index (κ3) is 4.36. The molecule has 0 unspecified atom stereocenters. The molecule has 0 saturated carbocycles. The standard InChI is InChI=1S/C21H25N5/c1-2-6-17(7-3-1)20-14-24-21(25-20)15-23-18-9-12-26(13-10-18)16-19-8-4-5-11-22-19/h1-8,11,14,18,23H,9-10,12-13,15-16H2,(H,24,25). The molecule has 3 aromatic rings. The molecule has 26 heavy (non-hydrogen) atoms. The van der Waals surface area contributed by atoms with E-state index in [2.05, 4.69) is 49.4 Å². The second-order valence-electron chi connectivity index (χ2n) is 6.86. The monoisotopic (exact) mass is 347 g/mol. The number of aromatic nitrogens is 3. The van der Waals surface area contributed by atoms with E-state index in [9.17, 15) is 0 Å². The average molecular weight is 347 g/mol. The van der Waals surface area contributed by atoms with E-state index in [1.165, 1.54) is 18.4 Å². The van der Waals surface area contributed by atoms with Crippen molar-refractivity contribution in [3.05, 3.63) is 72.4 Å². The van der Waals surface area contributed by atoms with Crippen LogP contribution >= 0.6 is 0 Å². The van der Waals surface area contributed by atoms with Crippen molar-refractivity contribution in [2.75, 3.05) is 13.1 Å². The normalized spacial score (nSPS) is 16.0. The van der Waals surface area contributed by atoms with Gasteiger partial charge in [-0.15, -0.1) is 0 Å². The fourth-order valence-electron chi connectivity index (χ4n) is 3.47. The smallest absolute Gasteiger partial charge is 0.120 e. The van der Waals surface area contributed by atoms with Gasteiger partial charge in [-0.2, -0.15) is 0 Å². The first-order chi connectivity index (χ1) is 12.9. The van der Waals surface area contributed by atoms with Gasteiger partial charge < -0.3 is 10.3 Å². The molecule has 1 aliphatic heterocycles. The molecule has 4 rings (SSSR count). The zero-order valence-electron chi connectivity index (χ0n) is 14.9. The Bertz CT molecular complexity index is 792. The zero-order valence-corrected chi connectivity index (χ0v) is 14.9. The van der Waals surface area contributed by atoms with Crippen molar-refractivity contribution in [1.82, 2.24) is 25.2 Å². The molecule has 2 aromatic heterocycles. The fourth-order valence-corrected chi connectivity index (χ4v) is 3.47. The highest BCUT2D eigenvalue weighted by atomic mass is 15.1. The van der Waals surface area contributed by atoms with E-state index < -0.39 is 0 Å². The lowest BCUT2D eigenvalue weighted by Crippen LogP contribution is -2.42. The Balaban J connectivity index is 1.23. The Morgan fingerprint density at radius 2 is 1.81 bits per heavy atom. The Kier molecular flexibility index (Phi) is 5.38. The lowest BCUT2D eigenvalue weighted by atomic mass is 10.0. The lowest BCUT2D eigenvalue weighted by Gasteiger charge is -2.32. The summed E-state index contributed by atoms with van der Waals surface area (Å²) in [7, 11) is 0. The van der Waals surface area contributed by atoms with E-state index in [1.54, 1.807) is 0 Å². The number of aromatic amines is 1. The number of nitrogens with one attached hydrogen (secondary N) is 2. The van der Waals surface area contributed by atoms with Gasteiger partial charge in [0.05, 0.1) is 24.1 Å². The van der Waals surface area contributed by atoms with Crippen LogP contribution in [-0.4, -0.2) is 39.0 Å². The number of benzene rings is 1. The molecule has 1 aliphatic rings. The molecule has 5 nitrogen and oxygen atoms in total. The summed E-state index contributed by atoms with van der Waals surface area (Å²) in [5, 5.41) is 3.65. The highest BCUT2D eigenvalue weighted by Crippen LogP contribution is 2.17. The molecule has 0 radical (unpaired) electrons. The summed E-state index contributed by atoms with van der Waals surface area (Å²) in [6.45, 7) is 3.97. The first-order valence-corrected chi connectivity index (χ1v) is 9.32. The molecule has 2 N–H and O–H groups in total. The van der Waals surface area contributed by atoms with Crippen molar-refractivity contribution in [2.24, 2.45) is 0 Å². The Labute approximate surface area is 154 Å². The summed E-state index contributed by atoms with van der Waals surface area (Å²) >= 11 is 0. The second kappa shape index (κ2) is 8.25. The minimum atomic E-state index is 0.556. The topological polar surface area (TPSA) is 56.8 Å². The summed E-state index contributed by atoms with van der Waals surface area (Å²) in [6.07, 6.45) is 6.12. The molecule has 0 aliphatic carbocycles. The van der Waals surface area contributed by atoms with Crippen LogP contribution in [0.3, 0.4) is 0 Å². The van der Waals surface area contributed by atoms with Gasteiger partial charge in [-0.3, -0.25) is 9.88 Å². The first-order valence-electron chi connectivity index (χ1n) is 9.32. The molecule has 1 aromatic carbocycles. The number of hydrogen-bond donors (Lipinski definition) is 2. The highest BCUT2D eigenvalue weighted by Gasteiger charge is 2.19. The van der Waals surface area contributed by atoms with Gasteiger partial charge in [-0.1, -0.05) is 36.4 Å².